The molecule has 0 saturated carbocycles. The average Bonchev–Trinajstić information content (AvgIpc) is 3.04. The van der Waals surface area contributed by atoms with Gasteiger partial charge in [0.15, 0.2) is 11.9 Å². The third-order valence-corrected chi connectivity index (χ3v) is 5.80. The zero-order valence-corrected chi connectivity index (χ0v) is 18.0. The van der Waals surface area contributed by atoms with Crippen molar-refractivity contribution in [3.05, 3.63) is 70.7 Å². The topological polar surface area (TPSA) is 21.4 Å². The van der Waals surface area contributed by atoms with Crippen LogP contribution in [0.1, 0.15) is 56.2 Å². The number of aromatic nitrogens is 1. The maximum absolute atomic E-state index is 7.84. The Labute approximate surface area is 172 Å². The zero-order valence-electron chi connectivity index (χ0n) is 18.0. The summed E-state index contributed by atoms with van der Waals surface area (Å²) in [6.07, 6.45) is 2.06. The fourth-order valence-corrected chi connectivity index (χ4v) is 4.31. The van der Waals surface area contributed by atoms with Crippen LogP contribution in [0.25, 0.3) is 38.0 Å². The quantitative estimate of drug-likeness (QED) is 0.271. The van der Waals surface area contributed by atoms with Crippen LogP contribution in [0.3, 0.4) is 0 Å². The average molecular weight is 384 g/mol. The highest BCUT2D eigenvalue weighted by molar-refractivity contribution is 6.12. The molecule has 0 radical (unpaired) electrons. The van der Waals surface area contributed by atoms with E-state index in [-0.39, 0.29) is 11.8 Å². The van der Waals surface area contributed by atoms with Gasteiger partial charge in [0.05, 0.1) is 12.1 Å². The predicted octanol–water partition coefficient (Wildman–Crippen LogP) is 7.18. The molecule has 2 heterocycles. The molecule has 4 aromatic rings. The van der Waals surface area contributed by atoms with Crippen LogP contribution in [0.15, 0.2) is 47.0 Å². The van der Waals surface area contributed by atoms with Crippen LogP contribution in [0.2, 0.25) is 0 Å². The van der Waals surface area contributed by atoms with Gasteiger partial charge in [0, 0.05) is 28.5 Å². The van der Waals surface area contributed by atoms with Crippen molar-refractivity contribution in [1.29, 1.82) is 0 Å². The van der Waals surface area contributed by atoms with E-state index in [2.05, 4.69) is 87.6 Å². The highest BCUT2D eigenvalue weighted by Crippen LogP contribution is 2.45. The Balaban J connectivity index is 2.21. The maximum Gasteiger partial charge on any atom is 0.216 e. The third-order valence-electron chi connectivity index (χ3n) is 5.80. The number of hydrogen-bond donors (Lipinski definition) is 0. The van der Waals surface area contributed by atoms with Gasteiger partial charge in [-0.25, -0.2) is 9.41 Å². The van der Waals surface area contributed by atoms with Crippen LogP contribution in [0, 0.1) is 13.5 Å². The minimum atomic E-state index is 0.207. The van der Waals surface area contributed by atoms with Crippen molar-refractivity contribution in [1.82, 2.24) is 0 Å². The van der Waals surface area contributed by atoms with Gasteiger partial charge in [-0.15, -0.1) is 0 Å². The number of fused-ring (bicyclic) bond motifs is 3. The van der Waals surface area contributed by atoms with Gasteiger partial charge in [-0.3, -0.25) is 0 Å². The normalized spacial score (nSPS) is 11.7. The lowest BCUT2D eigenvalue weighted by molar-refractivity contribution is -0.660. The number of pyridine rings is 1. The van der Waals surface area contributed by atoms with Crippen LogP contribution < -0.4 is 4.57 Å². The van der Waals surface area contributed by atoms with Crippen molar-refractivity contribution < 1.29 is 8.98 Å². The number of rotatable bonds is 3. The van der Waals surface area contributed by atoms with E-state index in [0.29, 0.717) is 0 Å². The monoisotopic (exact) mass is 383 g/mol. The molecule has 2 aromatic carbocycles. The summed E-state index contributed by atoms with van der Waals surface area (Å²) in [4.78, 5) is 3.93. The van der Waals surface area contributed by atoms with Gasteiger partial charge in [0.2, 0.25) is 5.69 Å². The van der Waals surface area contributed by atoms with E-state index in [1.54, 1.807) is 0 Å². The van der Waals surface area contributed by atoms with E-state index in [1.807, 2.05) is 6.07 Å². The molecule has 0 spiro atoms. The molecule has 3 nitrogen and oxygen atoms in total. The summed E-state index contributed by atoms with van der Waals surface area (Å²) < 4.78 is 8.71. The number of benzene rings is 2. The molecule has 0 saturated heterocycles. The lowest BCUT2D eigenvalue weighted by Crippen LogP contribution is -2.30. The molecule has 0 N–H and O–H groups in total. The summed E-state index contributed by atoms with van der Waals surface area (Å²) in [5.74, 6) is 0.487. The Morgan fingerprint density at radius 1 is 0.966 bits per heavy atom. The summed E-state index contributed by atoms with van der Waals surface area (Å²) in [7, 11) is 2.06. The van der Waals surface area contributed by atoms with Crippen molar-refractivity contribution >= 4 is 27.6 Å². The SMILES string of the molecule is [C-]#[N+]c1c(C(C)C)cc2c(oc3c(-c4cccc[n+]4C)c(C)ccc32)c1C(C)C. The van der Waals surface area contributed by atoms with Gasteiger partial charge in [0.1, 0.15) is 18.2 Å². The number of aryl methyl sites for hydroxylation is 2. The molecule has 0 unspecified atom stereocenters. The fourth-order valence-electron chi connectivity index (χ4n) is 4.31. The van der Waals surface area contributed by atoms with Gasteiger partial charge >= 0.3 is 0 Å². The first-order valence-corrected chi connectivity index (χ1v) is 10.2. The van der Waals surface area contributed by atoms with E-state index >= 15 is 0 Å². The van der Waals surface area contributed by atoms with Crippen LogP contribution in [0.5, 0.6) is 0 Å². The second-order valence-electron chi connectivity index (χ2n) is 8.46. The highest BCUT2D eigenvalue weighted by Gasteiger charge is 2.25. The number of hydrogen-bond acceptors (Lipinski definition) is 1. The van der Waals surface area contributed by atoms with Gasteiger partial charge in [-0.1, -0.05) is 45.9 Å². The smallest absolute Gasteiger partial charge is 0.216 e. The minimum absolute atomic E-state index is 0.207. The standard InChI is InChI=1S/C26H27N2O/c1-15(2)19-14-20-18-12-11-17(5)23(21-10-8-9-13-28(21)7)25(18)29-26(20)22(16(3)4)24(19)27-6/h8-16H,1-5,7H3/q+1. The molecule has 0 bridgehead atoms. The second kappa shape index (κ2) is 7.04. The van der Waals surface area contributed by atoms with E-state index in [1.165, 1.54) is 5.56 Å². The summed E-state index contributed by atoms with van der Waals surface area (Å²) >= 11 is 0. The van der Waals surface area contributed by atoms with Crippen LogP contribution in [-0.2, 0) is 7.05 Å². The molecule has 29 heavy (non-hydrogen) atoms. The second-order valence-corrected chi connectivity index (χ2v) is 8.46. The molecular formula is C26H27N2O+. The molecule has 0 aliphatic heterocycles. The molecule has 2 aromatic heterocycles. The summed E-state index contributed by atoms with van der Waals surface area (Å²) in [6, 6.07) is 12.7. The van der Waals surface area contributed by atoms with E-state index in [0.717, 1.165) is 50.0 Å². The molecular weight excluding hydrogens is 356 g/mol. The molecule has 3 heteroatoms. The van der Waals surface area contributed by atoms with Gasteiger partial charge in [0.25, 0.3) is 0 Å². The Morgan fingerprint density at radius 2 is 1.72 bits per heavy atom. The largest absolute Gasteiger partial charge is 0.456 e. The molecule has 0 aliphatic carbocycles. The summed E-state index contributed by atoms with van der Waals surface area (Å²) in [5.41, 5.74) is 8.06. The Morgan fingerprint density at radius 3 is 2.34 bits per heavy atom. The first-order chi connectivity index (χ1) is 13.8. The highest BCUT2D eigenvalue weighted by atomic mass is 16.3. The minimum Gasteiger partial charge on any atom is -0.456 e. The van der Waals surface area contributed by atoms with Crippen molar-refractivity contribution in [3.63, 3.8) is 0 Å². The zero-order chi connectivity index (χ0) is 20.9. The van der Waals surface area contributed by atoms with Crippen LogP contribution >= 0.6 is 0 Å². The van der Waals surface area contributed by atoms with Crippen LogP contribution in [-0.4, -0.2) is 0 Å². The Kier molecular flexibility index (Phi) is 4.67. The molecule has 4 rings (SSSR count). The molecule has 0 amide bonds. The molecule has 146 valence electrons. The third kappa shape index (κ3) is 2.91. The van der Waals surface area contributed by atoms with Gasteiger partial charge < -0.3 is 4.42 Å². The van der Waals surface area contributed by atoms with Crippen molar-refractivity contribution in [2.75, 3.05) is 0 Å². The summed E-state index contributed by atoms with van der Waals surface area (Å²) in [5, 5.41) is 2.23. The van der Waals surface area contributed by atoms with Gasteiger partial charge in [-0.2, -0.15) is 0 Å². The predicted molar refractivity (Wildman–Crippen MR) is 120 cm³/mol. The first-order valence-electron chi connectivity index (χ1n) is 10.2. The van der Waals surface area contributed by atoms with Crippen molar-refractivity contribution in [2.24, 2.45) is 7.05 Å². The van der Waals surface area contributed by atoms with Gasteiger partial charge in [-0.05, 0) is 36.0 Å². The lowest BCUT2D eigenvalue weighted by atomic mass is 9.90. The summed E-state index contributed by atoms with van der Waals surface area (Å²) in [6.45, 7) is 18.6. The maximum atomic E-state index is 7.84. The first kappa shape index (κ1) is 19.2. The van der Waals surface area contributed by atoms with Crippen LogP contribution in [0.4, 0.5) is 5.69 Å². The van der Waals surface area contributed by atoms with E-state index in [9.17, 15) is 0 Å². The Bertz CT molecular complexity index is 1290. The molecule has 0 fully saturated rings. The van der Waals surface area contributed by atoms with Crippen molar-refractivity contribution in [3.8, 4) is 11.3 Å². The Hall–Kier alpha value is -3.12. The van der Waals surface area contributed by atoms with E-state index < -0.39 is 0 Å². The van der Waals surface area contributed by atoms with E-state index in [4.69, 9.17) is 11.0 Å². The van der Waals surface area contributed by atoms with Crippen molar-refractivity contribution in [2.45, 2.75) is 46.5 Å². The molecule has 0 atom stereocenters. The lowest BCUT2D eigenvalue weighted by Gasteiger charge is -2.15. The molecule has 0 aliphatic rings. The number of nitrogens with zero attached hydrogens (tertiary/aromatic N) is 2. The fraction of sp³-hybridized carbons (Fsp3) is 0.308. The number of furan rings is 1.